The number of hydrogen-bond donors (Lipinski definition) is 2. The number of aryl methyl sites for hydroxylation is 1. The van der Waals surface area contributed by atoms with Crippen molar-refractivity contribution in [3.05, 3.63) is 52.3 Å². The molecule has 0 saturated heterocycles. The summed E-state index contributed by atoms with van der Waals surface area (Å²) < 4.78 is 1.65. The quantitative estimate of drug-likeness (QED) is 0.839. The first-order valence-electron chi connectivity index (χ1n) is 7.60. The normalized spacial score (nSPS) is 12.2. The summed E-state index contributed by atoms with van der Waals surface area (Å²) in [7, 11) is 1.77. The van der Waals surface area contributed by atoms with E-state index in [-0.39, 0.29) is 18.0 Å². The molecule has 2 N–H and O–H groups in total. The SMILES string of the molecule is CC(C)c1cc(C(=O)N[C@@H](CC(=O)O)c2ccccc2Cl)nn1C. The molecule has 0 aliphatic rings. The molecule has 2 rings (SSSR count). The third kappa shape index (κ3) is 4.14. The fourth-order valence-corrected chi connectivity index (χ4v) is 2.80. The number of nitrogens with zero attached hydrogens (tertiary/aromatic N) is 2. The van der Waals surface area contributed by atoms with Crippen molar-refractivity contribution >= 4 is 23.5 Å². The van der Waals surface area contributed by atoms with Crippen LogP contribution in [-0.2, 0) is 11.8 Å². The molecular formula is C17H20ClN3O3. The Morgan fingerprint density at radius 3 is 2.54 bits per heavy atom. The Hall–Kier alpha value is -2.34. The van der Waals surface area contributed by atoms with E-state index in [4.69, 9.17) is 16.7 Å². The van der Waals surface area contributed by atoms with Crippen LogP contribution in [0.25, 0.3) is 0 Å². The molecule has 6 nitrogen and oxygen atoms in total. The predicted molar refractivity (Wildman–Crippen MR) is 91.2 cm³/mol. The first-order chi connectivity index (χ1) is 11.3. The maximum Gasteiger partial charge on any atom is 0.305 e. The molecule has 0 aliphatic carbocycles. The Bertz CT molecular complexity index is 755. The molecule has 2 aromatic rings. The summed E-state index contributed by atoms with van der Waals surface area (Å²) in [5, 5.41) is 16.5. The molecule has 0 bridgehead atoms. The minimum atomic E-state index is -1.02. The third-order valence-corrected chi connectivity index (χ3v) is 4.05. The van der Waals surface area contributed by atoms with Gasteiger partial charge in [0.1, 0.15) is 5.69 Å². The summed E-state index contributed by atoms with van der Waals surface area (Å²) in [6, 6.07) is 7.85. The molecule has 1 amide bonds. The second kappa shape index (κ2) is 7.49. The molecule has 0 unspecified atom stereocenters. The number of carboxylic acid groups (broad SMARTS) is 1. The zero-order valence-electron chi connectivity index (χ0n) is 13.8. The molecule has 0 aliphatic heterocycles. The number of hydrogen-bond acceptors (Lipinski definition) is 3. The number of carbonyl (C=O) groups is 2. The molecule has 0 radical (unpaired) electrons. The van der Waals surface area contributed by atoms with Crippen molar-refractivity contribution in [3.63, 3.8) is 0 Å². The van der Waals surface area contributed by atoms with Crippen LogP contribution in [0, 0.1) is 0 Å². The van der Waals surface area contributed by atoms with E-state index in [0.29, 0.717) is 10.6 Å². The maximum absolute atomic E-state index is 12.5. The first kappa shape index (κ1) is 18.0. The molecule has 0 spiro atoms. The summed E-state index contributed by atoms with van der Waals surface area (Å²) in [5.41, 5.74) is 1.74. The van der Waals surface area contributed by atoms with Gasteiger partial charge < -0.3 is 10.4 Å². The molecule has 1 heterocycles. The van der Waals surface area contributed by atoms with Crippen LogP contribution in [0.5, 0.6) is 0 Å². The number of halogens is 1. The number of aromatic nitrogens is 2. The van der Waals surface area contributed by atoms with E-state index in [9.17, 15) is 9.59 Å². The zero-order chi connectivity index (χ0) is 17.9. The van der Waals surface area contributed by atoms with Crippen molar-refractivity contribution < 1.29 is 14.7 Å². The van der Waals surface area contributed by atoms with Crippen molar-refractivity contribution in [2.75, 3.05) is 0 Å². The molecule has 24 heavy (non-hydrogen) atoms. The van der Waals surface area contributed by atoms with Crippen molar-refractivity contribution in [3.8, 4) is 0 Å². The average molecular weight is 350 g/mol. The van der Waals surface area contributed by atoms with Crippen molar-refractivity contribution in [2.45, 2.75) is 32.2 Å². The highest BCUT2D eigenvalue weighted by molar-refractivity contribution is 6.31. The van der Waals surface area contributed by atoms with Gasteiger partial charge in [-0.2, -0.15) is 5.10 Å². The van der Waals surface area contributed by atoms with Crippen molar-refractivity contribution in [1.82, 2.24) is 15.1 Å². The number of carboxylic acids is 1. The number of aliphatic carboxylic acids is 1. The fourth-order valence-electron chi connectivity index (χ4n) is 2.54. The lowest BCUT2D eigenvalue weighted by Gasteiger charge is -2.18. The largest absolute Gasteiger partial charge is 0.481 e. The van der Waals surface area contributed by atoms with Gasteiger partial charge in [0.25, 0.3) is 5.91 Å². The van der Waals surface area contributed by atoms with Gasteiger partial charge in [0, 0.05) is 17.8 Å². The van der Waals surface area contributed by atoms with Crippen molar-refractivity contribution in [2.24, 2.45) is 7.05 Å². The standard InChI is InChI=1S/C17H20ClN3O3/c1-10(2)15-8-14(20-21(15)3)17(24)19-13(9-16(22)23)11-6-4-5-7-12(11)18/h4-8,10,13H,9H2,1-3H3,(H,19,24)(H,22,23)/t13-/m0/s1. The summed E-state index contributed by atoms with van der Waals surface area (Å²) >= 11 is 6.14. The molecule has 7 heteroatoms. The van der Waals surface area contributed by atoms with E-state index in [1.807, 2.05) is 13.8 Å². The zero-order valence-corrected chi connectivity index (χ0v) is 14.5. The van der Waals surface area contributed by atoms with Crippen LogP contribution in [0.4, 0.5) is 0 Å². The first-order valence-corrected chi connectivity index (χ1v) is 7.98. The van der Waals surface area contributed by atoms with E-state index in [0.717, 1.165) is 5.69 Å². The molecule has 1 aromatic carbocycles. The van der Waals surface area contributed by atoms with Gasteiger partial charge in [-0.1, -0.05) is 43.6 Å². The molecule has 0 fully saturated rings. The predicted octanol–water partition coefficient (Wildman–Crippen LogP) is 3.14. The second-order valence-electron chi connectivity index (χ2n) is 5.88. The van der Waals surface area contributed by atoms with Crippen LogP contribution >= 0.6 is 11.6 Å². The Morgan fingerprint density at radius 1 is 1.33 bits per heavy atom. The van der Waals surface area contributed by atoms with Gasteiger partial charge >= 0.3 is 5.97 Å². The minimum absolute atomic E-state index is 0.224. The van der Waals surface area contributed by atoms with Gasteiger partial charge in [-0.25, -0.2) is 0 Å². The number of rotatable bonds is 6. The topological polar surface area (TPSA) is 84.2 Å². The Morgan fingerprint density at radius 2 is 2.00 bits per heavy atom. The third-order valence-electron chi connectivity index (χ3n) is 3.70. The molecule has 1 aromatic heterocycles. The minimum Gasteiger partial charge on any atom is -0.481 e. The highest BCUT2D eigenvalue weighted by Crippen LogP contribution is 2.25. The van der Waals surface area contributed by atoms with E-state index in [1.165, 1.54) is 0 Å². The number of nitrogens with one attached hydrogen (secondary N) is 1. The molecule has 128 valence electrons. The molecule has 1 atom stereocenters. The Labute approximate surface area is 145 Å². The van der Waals surface area contributed by atoms with Crippen LogP contribution < -0.4 is 5.32 Å². The lowest BCUT2D eigenvalue weighted by atomic mass is 10.0. The maximum atomic E-state index is 12.5. The van der Waals surface area contributed by atoms with E-state index in [1.54, 1.807) is 42.1 Å². The van der Waals surface area contributed by atoms with Crippen LogP contribution in [-0.4, -0.2) is 26.8 Å². The van der Waals surface area contributed by atoms with Gasteiger partial charge in [0.05, 0.1) is 12.5 Å². The number of carbonyl (C=O) groups excluding carboxylic acids is 1. The van der Waals surface area contributed by atoms with Gasteiger partial charge in [0.2, 0.25) is 0 Å². The van der Waals surface area contributed by atoms with E-state index < -0.39 is 17.9 Å². The summed E-state index contributed by atoms with van der Waals surface area (Å²) in [6.45, 7) is 4.02. The fraction of sp³-hybridized carbons (Fsp3) is 0.353. The average Bonchev–Trinajstić information content (AvgIpc) is 2.89. The lowest BCUT2D eigenvalue weighted by molar-refractivity contribution is -0.137. The smallest absolute Gasteiger partial charge is 0.305 e. The van der Waals surface area contributed by atoms with Crippen LogP contribution in [0.3, 0.4) is 0 Å². The monoisotopic (exact) mass is 349 g/mol. The Balaban J connectivity index is 2.26. The summed E-state index contributed by atoms with van der Waals surface area (Å²) in [5.74, 6) is -1.23. The lowest BCUT2D eigenvalue weighted by Crippen LogP contribution is -2.30. The van der Waals surface area contributed by atoms with Gasteiger partial charge in [-0.3, -0.25) is 14.3 Å². The number of amides is 1. The molecule has 0 saturated carbocycles. The Kier molecular flexibility index (Phi) is 5.62. The van der Waals surface area contributed by atoms with Gasteiger partial charge in [0.15, 0.2) is 0 Å². The highest BCUT2D eigenvalue weighted by atomic mass is 35.5. The second-order valence-corrected chi connectivity index (χ2v) is 6.29. The van der Waals surface area contributed by atoms with E-state index in [2.05, 4.69) is 10.4 Å². The van der Waals surface area contributed by atoms with Crippen LogP contribution in [0.15, 0.2) is 30.3 Å². The highest BCUT2D eigenvalue weighted by Gasteiger charge is 2.23. The van der Waals surface area contributed by atoms with Gasteiger partial charge in [-0.15, -0.1) is 0 Å². The van der Waals surface area contributed by atoms with E-state index >= 15 is 0 Å². The van der Waals surface area contributed by atoms with Crippen molar-refractivity contribution in [1.29, 1.82) is 0 Å². The number of benzene rings is 1. The van der Waals surface area contributed by atoms with Crippen LogP contribution in [0.2, 0.25) is 5.02 Å². The van der Waals surface area contributed by atoms with Gasteiger partial charge in [-0.05, 0) is 23.6 Å². The molecular weight excluding hydrogens is 330 g/mol. The van der Waals surface area contributed by atoms with Crippen LogP contribution in [0.1, 0.15) is 54.0 Å². The summed E-state index contributed by atoms with van der Waals surface area (Å²) in [4.78, 5) is 23.6. The summed E-state index contributed by atoms with van der Waals surface area (Å²) in [6.07, 6.45) is -0.265.